The van der Waals surface area contributed by atoms with Crippen molar-refractivity contribution in [1.82, 2.24) is 4.90 Å². The summed E-state index contributed by atoms with van der Waals surface area (Å²) in [4.78, 5) is 36.3. The topological polar surface area (TPSA) is 107 Å². The third kappa shape index (κ3) is 4.02. The number of rotatable bonds is 4. The number of likely N-dealkylation sites (N-methyl/N-ethyl adjacent to an activating group) is 1. The van der Waals surface area contributed by atoms with Crippen LogP contribution in [0.3, 0.4) is 0 Å². The van der Waals surface area contributed by atoms with Crippen molar-refractivity contribution in [3.63, 3.8) is 0 Å². The van der Waals surface area contributed by atoms with E-state index in [-0.39, 0.29) is 17.2 Å². The molecule has 0 N–H and O–H groups in total. The Morgan fingerprint density at radius 2 is 1.21 bits per heavy atom. The van der Waals surface area contributed by atoms with E-state index in [2.05, 4.69) is 0 Å². The van der Waals surface area contributed by atoms with Gasteiger partial charge in [-0.05, 0) is 31.3 Å². The van der Waals surface area contributed by atoms with Crippen LogP contribution in [0.4, 0.5) is 11.4 Å². The Bertz CT molecular complexity index is 947. The SMILES string of the molecule is CN1C/C(=C/c2ccccc2[N+](=O)[O-])C(=O)/C(=C/c2ccccc2[N+](=O)[O-])C1. The van der Waals surface area contributed by atoms with E-state index in [1.807, 2.05) is 11.9 Å². The monoisotopic (exact) mass is 379 g/mol. The number of benzene rings is 2. The molecular weight excluding hydrogens is 362 g/mol. The summed E-state index contributed by atoms with van der Waals surface area (Å²) in [5, 5.41) is 22.4. The number of carbonyl (C=O) groups excluding carboxylic acids is 1. The van der Waals surface area contributed by atoms with Gasteiger partial charge in [0.05, 0.1) is 21.0 Å². The predicted molar refractivity (Wildman–Crippen MR) is 105 cm³/mol. The van der Waals surface area contributed by atoms with Gasteiger partial charge in [0.1, 0.15) is 0 Å². The van der Waals surface area contributed by atoms with Crippen LogP contribution < -0.4 is 0 Å². The van der Waals surface area contributed by atoms with Gasteiger partial charge in [0.2, 0.25) is 0 Å². The molecule has 1 aliphatic heterocycles. The van der Waals surface area contributed by atoms with Gasteiger partial charge in [0.15, 0.2) is 5.78 Å². The molecule has 1 heterocycles. The highest BCUT2D eigenvalue weighted by Crippen LogP contribution is 2.27. The largest absolute Gasteiger partial charge is 0.298 e. The van der Waals surface area contributed by atoms with Gasteiger partial charge in [0, 0.05) is 36.4 Å². The van der Waals surface area contributed by atoms with Gasteiger partial charge in [-0.2, -0.15) is 0 Å². The van der Waals surface area contributed by atoms with Crippen molar-refractivity contribution in [3.05, 3.63) is 91.0 Å². The normalized spacial score (nSPS) is 17.8. The molecular formula is C20H17N3O5. The van der Waals surface area contributed by atoms with Crippen LogP contribution in [0.2, 0.25) is 0 Å². The summed E-state index contributed by atoms with van der Waals surface area (Å²) in [5.41, 5.74) is 1.31. The van der Waals surface area contributed by atoms with E-state index in [1.165, 1.54) is 24.3 Å². The molecule has 8 nitrogen and oxygen atoms in total. The smallest absolute Gasteiger partial charge is 0.276 e. The summed E-state index contributed by atoms with van der Waals surface area (Å²) in [5.74, 6) is -0.269. The number of para-hydroxylation sites is 2. The number of ketones is 1. The number of nitro benzene ring substituents is 2. The summed E-state index contributed by atoms with van der Waals surface area (Å²) in [6.07, 6.45) is 3.03. The summed E-state index contributed by atoms with van der Waals surface area (Å²) in [6, 6.07) is 12.4. The number of piperidine rings is 1. The number of hydrogen-bond donors (Lipinski definition) is 0. The average molecular weight is 379 g/mol. The van der Waals surface area contributed by atoms with Crippen molar-refractivity contribution in [2.45, 2.75) is 0 Å². The molecule has 0 amide bonds. The van der Waals surface area contributed by atoms with Crippen LogP contribution in [-0.2, 0) is 4.79 Å². The minimum atomic E-state index is -0.493. The van der Waals surface area contributed by atoms with Gasteiger partial charge < -0.3 is 0 Å². The summed E-state index contributed by atoms with van der Waals surface area (Å²) in [7, 11) is 1.81. The molecule has 28 heavy (non-hydrogen) atoms. The minimum absolute atomic E-state index is 0.0831. The van der Waals surface area contributed by atoms with Gasteiger partial charge in [-0.1, -0.05) is 24.3 Å². The Kier molecular flexibility index (Phi) is 5.42. The van der Waals surface area contributed by atoms with Crippen LogP contribution in [0.1, 0.15) is 11.1 Å². The molecule has 0 aromatic heterocycles. The van der Waals surface area contributed by atoms with Gasteiger partial charge in [-0.3, -0.25) is 29.9 Å². The molecule has 1 aliphatic rings. The second-order valence-electron chi connectivity index (χ2n) is 6.47. The third-order valence-corrected chi connectivity index (χ3v) is 4.39. The molecule has 0 saturated carbocycles. The second-order valence-corrected chi connectivity index (χ2v) is 6.47. The number of likely N-dealkylation sites (tertiary alicyclic amines) is 1. The maximum absolute atomic E-state index is 12.9. The third-order valence-electron chi connectivity index (χ3n) is 4.39. The highest BCUT2D eigenvalue weighted by molar-refractivity contribution is 6.15. The molecule has 0 spiro atoms. The van der Waals surface area contributed by atoms with E-state index >= 15 is 0 Å². The standard InChI is InChI=1S/C20H17N3O5/c1-21-12-16(10-14-6-2-4-8-18(14)22(25)26)20(24)17(13-21)11-15-7-3-5-9-19(15)23(27)28/h2-11H,12-13H2,1H3/b16-10-,17-11+. The number of nitro groups is 2. The lowest BCUT2D eigenvalue weighted by Crippen LogP contribution is -2.34. The summed E-state index contributed by atoms with van der Waals surface area (Å²) in [6.45, 7) is 0.665. The Morgan fingerprint density at radius 3 is 1.61 bits per heavy atom. The lowest BCUT2D eigenvalue weighted by molar-refractivity contribution is -0.385. The summed E-state index contributed by atoms with van der Waals surface area (Å²) >= 11 is 0. The van der Waals surface area contributed by atoms with E-state index in [0.29, 0.717) is 35.4 Å². The van der Waals surface area contributed by atoms with Crippen LogP contribution in [0.25, 0.3) is 12.2 Å². The first-order chi connectivity index (χ1) is 13.4. The van der Waals surface area contributed by atoms with Crippen LogP contribution in [0, 0.1) is 20.2 Å². The lowest BCUT2D eigenvalue weighted by Gasteiger charge is -2.26. The maximum atomic E-state index is 12.9. The zero-order valence-electron chi connectivity index (χ0n) is 15.1. The zero-order chi connectivity index (χ0) is 20.3. The fourth-order valence-electron chi connectivity index (χ4n) is 3.14. The second kappa shape index (κ2) is 7.93. The van der Waals surface area contributed by atoms with Crippen molar-refractivity contribution in [3.8, 4) is 0 Å². The maximum Gasteiger partial charge on any atom is 0.276 e. The minimum Gasteiger partial charge on any atom is -0.298 e. The van der Waals surface area contributed by atoms with Crippen LogP contribution >= 0.6 is 0 Å². The molecule has 0 aliphatic carbocycles. The Balaban J connectivity index is 2.03. The van der Waals surface area contributed by atoms with Crippen molar-refractivity contribution in [1.29, 1.82) is 0 Å². The van der Waals surface area contributed by atoms with Crippen molar-refractivity contribution < 1.29 is 14.6 Å². The molecule has 1 fully saturated rings. The van der Waals surface area contributed by atoms with E-state index in [9.17, 15) is 25.0 Å². The predicted octanol–water partition coefficient (Wildman–Crippen LogP) is 3.48. The van der Waals surface area contributed by atoms with Crippen molar-refractivity contribution >= 4 is 29.3 Å². The van der Waals surface area contributed by atoms with Crippen LogP contribution in [0.5, 0.6) is 0 Å². The lowest BCUT2D eigenvalue weighted by atomic mass is 9.94. The molecule has 3 rings (SSSR count). The quantitative estimate of drug-likeness (QED) is 0.457. The molecule has 0 atom stereocenters. The first kappa shape index (κ1) is 19.1. The van der Waals surface area contributed by atoms with E-state index in [0.717, 1.165) is 0 Å². The van der Waals surface area contributed by atoms with Crippen LogP contribution in [-0.4, -0.2) is 40.7 Å². The van der Waals surface area contributed by atoms with E-state index < -0.39 is 9.85 Å². The fraction of sp³-hybridized carbons (Fsp3) is 0.150. The molecule has 0 unspecified atom stereocenters. The number of nitrogens with zero attached hydrogens (tertiary/aromatic N) is 3. The summed E-state index contributed by atoms with van der Waals surface area (Å²) < 4.78 is 0. The fourth-order valence-corrected chi connectivity index (χ4v) is 3.14. The molecule has 2 aromatic rings. The first-order valence-corrected chi connectivity index (χ1v) is 8.48. The van der Waals surface area contributed by atoms with Gasteiger partial charge in [-0.15, -0.1) is 0 Å². The van der Waals surface area contributed by atoms with Gasteiger partial charge >= 0.3 is 0 Å². The van der Waals surface area contributed by atoms with Crippen molar-refractivity contribution in [2.75, 3.05) is 20.1 Å². The average Bonchev–Trinajstić information content (AvgIpc) is 2.66. The molecule has 8 heteroatoms. The molecule has 1 saturated heterocycles. The molecule has 142 valence electrons. The Morgan fingerprint density at radius 1 is 0.821 bits per heavy atom. The van der Waals surface area contributed by atoms with Gasteiger partial charge in [0.25, 0.3) is 11.4 Å². The number of carbonyl (C=O) groups is 1. The zero-order valence-corrected chi connectivity index (χ0v) is 15.1. The van der Waals surface area contributed by atoms with Crippen LogP contribution in [0.15, 0.2) is 59.7 Å². The first-order valence-electron chi connectivity index (χ1n) is 8.48. The van der Waals surface area contributed by atoms with Crippen molar-refractivity contribution in [2.24, 2.45) is 0 Å². The highest BCUT2D eigenvalue weighted by atomic mass is 16.6. The highest BCUT2D eigenvalue weighted by Gasteiger charge is 2.26. The van der Waals surface area contributed by atoms with E-state index in [1.54, 1.807) is 36.4 Å². The number of Topliss-reactive ketones (excluding diaryl/α,β-unsaturated/α-hetero) is 1. The Hall–Kier alpha value is -3.65. The molecule has 0 radical (unpaired) electrons. The van der Waals surface area contributed by atoms with E-state index in [4.69, 9.17) is 0 Å². The Labute approximate surface area is 160 Å². The number of hydrogen-bond acceptors (Lipinski definition) is 6. The van der Waals surface area contributed by atoms with Gasteiger partial charge in [-0.25, -0.2) is 0 Å². The molecule has 0 bridgehead atoms. The molecule has 2 aromatic carbocycles.